The van der Waals surface area contributed by atoms with Crippen LogP contribution in [0.1, 0.15) is 54.7 Å². The molecule has 0 saturated heterocycles. The van der Waals surface area contributed by atoms with Crippen molar-refractivity contribution in [2.45, 2.75) is 54.4 Å². The maximum Gasteiger partial charge on any atom is 0.0159 e. The lowest BCUT2D eigenvalue weighted by Crippen LogP contribution is -2.15. The number of fused-ring (bicyclic) bond motifs is 3. The van der Waals surface area contributed by atoms with Crippen LogP contribution in [0.3, 0.4) is 0 Å². The van der Waals surface area contributed by atoms with E-state index in [1.165, 1.54) is 66.8 Å². The van der Waals surface area contributed by atoms with Gasteiger partial charge < -0.3 is 0 Å². The average Bonchev–Trinajstić information content (AvgIpc) is 3.11. The second kappa shape index (κ2) is 10.8. The van der Waals surface area contributed by atoms with E-state index in [-0.39, 0.29) is 12.8 Å². The summed E-state index contributed by atoms with van der Waals surface area (Å²) in [5, 5.41) is 0. The third-order valence-corrected chi connectivity index (χ3v) is 7.77. The monoisotopic (exact) mass is 496 g/mol. The van der Waals surface area contributed by atoms with Gasteiger partial charge in [-0.15, -0.1) is 0 Å². The summed E-state index contributed by atoms with van der Waals surface area (Å²) in [6, 6.07) is 39.7. The molecular weight excluding hydrogens is 456 g/mol. The van der Waals surface area contributed by atoms with E-state index < -0.39 is 0 Å². The molecule has 1 aliphatic rings. The van der Waals surface area contributed by atoms with Gasteiger partial charge >= 0.3 is 0 Å². The molecule has 0 atom stereocenters. The fraction of sp³-hybridized carbons (Fsp3) is 0.211. The van der Waals surface area contributed by atoms with Crippen molar-refractivity contribution in [3.05, 3.63) is 143 Å². The molecule has 5 aromatic carbocycles. The Bertz CT molecular complexity index is 1570. The summed E-state index contributed by atoms with van der Waals surface area (Å²) < 4.78 is 0. The van der Waals surface area contributed by atoms with Gasteiger partial charge in [0.05, 0.1) is 0 Å². The third kappa shape index (κ3) is 5.09. The van der Waals surface area contributed by atoms with Gasteiger partial charge in [0, 0.05) is 5.41 Å². The highest BCUT2D eigenvalue weighted by atomic mass is 14.4. The van der Waals surface area contributed by atoms with E-state index >= 15 is 0 Å². The summed E-state index contributed by atoms with van der Waals surface area (Å²) in [6.07, 6.45) is 0. The maximum atomic E-state index is 2.41. The number of hydrogen-bond donors (Lipinski definition) is 0. The summed E-state index contributed by atoms with van der Waals surface area (Å²) in [5.41, 5.74) is 16.2. The van der Waals surface area contributed by atoms with Crippen molar-refractivity contribution in [3.63, 3.8) is 0 Å². The Balaban J connectivity index is 0.000000367. The Morgan fingerprint density at radius 1 is 0.421 bits per heavy atom. The van der Waals surface area contributed by atoms with Gasteiger partial charge in [-0.1, -0.05) is 136 Å². The van der Waals surface area contributed by atoms with Crippen LogP contribution in [0.5, 0.6) is 0 Å². The second-order valence-electron chi connectivity index (χ2n) is 10.9. The number of rotatable bonds is 2. The summed E-state index contributed by atoms with van der Waals surface area (Å²) in [6.45, 7) is 13.4. The van der Waals surface area contributed by atoms with Gasteiger partial charge in [0.2, 0.25) is 0 Å². The molecule has 0 spiro atoms. The van der Waals surface area contributed by atoms with Gasteiger partial charge in [-0.25, -0.2) is 0 Å². The van der Waals surface area contributed by atoms with Gasteiger partial charge in [-0.2, -0.15) is 0 Å². The van der Waals surface area contributed by atoms with Crippen molar-refractivity contribution < 1.29 is 0 Å². The summed E-state index contributed by atoms with van der Waals surface area (Å²) >= 11 is 0. The first-order valence-corrected chi connectivity index (χ1v) is 13.2. The topological polar surface area (TPSA) is 0 Å². The van der Waals surface area contributed by atoms with Crippen LogP contribution in [0.2, 0.25) is 0 Å². The zero-order valence-electron chi connectivity index (χ0n) is 22.9. The SMILES string of the molecule is C.Cc1ccc2c(c1)C(C)(C)c1cc(-c3ccc(-c4ccccc4C)c(C)c3)ccc1-2.Cc1ccccc1. The van der Waals surface area contributed by atoms with E-state index in [2.05, 4.69) is 133 Å². The van der Waals surface area contributed by atoms with Crippen molar-refractivity contribution in [1.29, 1.82) is 0 Å². The van der Waals surface area contributed by atoms with Crippen LogP contribution in [-0.2, 0) is 5.41 Å². The molecule has 1 aliphatic carbocycles. The minimum atomic E-state index is 0. The minimum Gasteiger partial charge on any atom is -0.0776 e. The van der Waals surface area contributed by atoms with Gasteiger partial charge in [-0.05, 0) is 89.4 Å². The maximum absolute atomic E-state index is 2.41. The van der Waals surface area contributed by atoms with Crippen LogP contribution >= 0.6 is 0 Å². The van der Waals surface area contributed by atoms with E-state index in [9.17, 15) is 0 Å². The van der Waals surface area contributed by atoms with Crippen LogP contribution in [0.25, 0.3) is 33.4 Å². The largest absolute Gasteiger partial charge is 0.0776 e. The van der Waals surface area contributed by atoms with Gasteiger partial charge in [0.25, 0.3) is 0 Å². The second-order valence-corrected chi connectivity index (χ2v) is 10.9. The Morgan fingerprint density at radius 2 is 0.947 bits per heavy atom. The van der Waals surface area contributed by atoms with E-state index in [4.69, 9.17) is 0 Å². The molecule has 0 amide bonds. The quantitative estimate of drug-likeness (QED) is 0.228. The van der Waals surface area contributed by atoms with Crippen molar-refractivity contribution >= 4 is 0 Å². The zero-order valence-corrected chi connectivity index (χ0v) is 22.9. The summed E-state index contributed by atoms with van der Waals surface area (Å²) in [5.74, 6) is 0. The summed E-state index contributed by atoms with van der Waals surface area (Å²) in [7, 11) is 0. The molecule has 0 bridgehead atoms. The third-order valence-electron chi connectivity index (χ3n) is 7.77. The Kier molecular flexibility index (Phi) is 7.74. The van der Waals surface area contributed by atoms with Crippen LogP contribution in [0.4, 0.5) is 0 Å². The lowest BCUT2D eigenvalue weighted by molar-refractivity contribution is 0.660. The first-order valence-electron chi connectivity index (χ1n) is 13.2. The van der Waals surface area contributed by atoms with E-state index in [1.807, 2.05) is 18.2 Å². The molecule has 0 nitrogen and oxygen atoms in total. The zero-order chi connectivity index (χ0) is 26.2. The average molecular weight is 497 g/mol. The number of aryl methyl sites for hydroxylation is 4. The van der Waals surface area contributed by atoms with E-state index in [1.54, 1.807) is 0 Å². The van der Waals surface area contributed by atoms with Gasteiger partial charge in [0.15, 0.2) is 0 Å². The van der Waals surface area contributed by atoms with Crippen molar-refractivity contribution in [3.8, 4) is 33.4 Å². The van der Waals surface area contributed by atoms with Crippen molar-refractivity contribution in [2.24, 2.45) is 0 Å². The summed E-state index contributed by atoms with van der Waals surface area (Å²) in [4.78, 5) is 0. The number of benzene rings is 5. The molecule has 0 heterocycles. The Labute approximate surface area is 230 Å². The molecule has 0 radical (unpaired) electrons. The fourth-order valence-electron chi connectivity index (χ4n) is 5.59. The van der Waals surface area contributed by atoms with E-state index in [0.717, 1.165) is 0 Å². The molecular formula is C38H40. The Morgan fingerprint density at radius 3 is 1.55 bits per heavy atom. The molecule has 0 unspecified atom stereocenters. The van der Waals surface area contributed by atoms with Crippen LogP contribution < -0.4 is 0 Å². The normalized spacial score (nSPS) is 12.5. The predicted molar refractivity (Wildman–Crippen MR) is 167 cm³/mol. The molecule has 192 valence electrons. The molecule has 38 heavy (non-hydrogen) atoms. The molecule has 0 heteroatoms. The molecule has 0 N–H and O–H groups in total. The predicted octanol–water partition coefficient (Wildman–Crippen LogP) is 10.9. The number of hydrogen-bond acceptors (Lipinski definition) is 0. The lowest BCUT2D eigenvalue weighted by atomic mass is 9.81. The molecule has 0 aromatic heterocycles. The van der Waals surface area contributed by atoms with Crippen molar-refractivity contribution in [1.82, 2.24) is 0 Å². The van der Waals surface area contributed by atoms with Crippen molar-refractivity contribution in [2.75, 3.05) is 0 Å². The molecule has 6 rings (SSSR count). The van der Waals surface area contributed by atoms with Gasteiger partial charge in [-0.3, -0.25) is 0 Å². The molecule has 0 aliphatic heterocycles. The highest BCUT2D eigenvalue weighted by Gasteiger charge is 2.35. The smallest absolute Gasteiger partial charge is 0.0159 e. The highest BCUT2D eigenvalue weighted by molar-refractivity contribution is 5.84. The van der Waals surface area contributed by atoms with E-state index in [0.29, 0.717) is 0 Å². The standard InChI is InChI=1S/C30H28.C7H8.CH4/c1-19-10-13-26-27-15-12-23(18-29(27)30(4,5)28(26)16-19)22-11-14-25(21(3)17-22)24-9-7-6-8-20(24)2;1-7-5-3-2-4-6-7;/h6-18H,1-5H3;2-6H,1H3;1H4. The first-order chi connectivity index (χ1) is 17.8. The molecule has 5 aromatic rings. The Hall–Kier alpha value is -3.90. The molecule has 0 saturated carbocycles. The van der Waals surface area contributed by atoms with Crippen LogP contribution in [-0.4, -0.2) is 0 Å². The minimum absolute atomic E-state index is 0. The first kappa shape index (κ1) is 27.1. The van der Waals surface area contributed by atoms with Gasteiger partial charge in [0.1, 0.15) is 0 Å². The fourth-order valence-corrected chi connectivity index (χ4v) is 5.59. The van der Waals surface area contributed by atoms with Crippen LogP contribution in [0, 0.1) is 27.7 Å². The lowest BCUT2D eigenvalue weighted by Gasteiger charge is -2.22. The molecule has 0 fully saturated rings. The van der Waals surface area contributed by atoms with Crippen LogP contribution in [0.15, 0.2) is 109 Å². The highest BCUT2D eigenvalue weighted by Crippen LogP contribution is 2.50.